The summed E-state index contributed by atoms with van der Waals surface area (Å²) in [5.74, 6) is 2.03. The third-order valence-corrected chi connectivity index (χ3v) is 4.46. The van der Waals surface area contributed by atoms with Crippen LogP contribution in [0.3, 0.4) is 0 Å². The summed E-state index contributed by atoms with van der Waals surface area (Å²) in [7, 11) is 1.61. The molecule has 1 aliphatic rings. The average Bonchev–Trinajstić information content (AvgIpc) is 3.17. The van der Waals surface area contributed by atoms with Gasteiger partial charge in [-0.15, -0.1) is 0 Å². The van der Waals surface area contributed by atoms with Gasteiger partial charge in [0, 0.05) is 26.3 Å². The molecule has 2 aromatic carbocycles. The minimum Gasteiger partial charge on any atom is -0.497 e. The highest BCUT2D eigenvalue weighted by Gasteiger charge is 2.23. The van der Waals surface area contributed by atoms with Crippen molar-refractivity contribution in [2.45, 2.75) is 12.5 Å². The maximum atomic E-state index is 12.3. The van der Waals surface area contributed by atoms with Crippen molar-refractivity contribution in [3.05, 3.63) is 48.5 Å². The summed E-state index contributed by atoms with van der Waals surface area (Å²) >= 11 is 0. The van der Waals surface area contributed by atoms with Gasteiger partial charge < -0.3 is 20.5 Å². The van der Waals surface area contributed by atoms with Gasteiger partial charge in [-0.1, -0.05) is 6.07 Å². The highest BCUT2D eigenvalue weighted by Crippen LogP contribution is 2.26. The van der Waals surface area contributed by atoms with E-state index in [-0.39, 0.29) is 13.4 Å². The zero-order chi connectivity index (χ0) is 20.5. The minimum absolute atomic E-state index is 0. The number of benzene rings is 2. The highest BCUT2D eigenvalue weighted by atomic mass is 16.5. The van der Waals surface area contributed by atoms with Crippen molar-refractivity contribution in [2.24, 2.45) is 15.7 Å². The Labute approximate surface area is 171 Å². The Hall–Kier alpha value is -3.39. The maximum Gasteiger partial charge on any atom is 0.238 e. The number of methoxy groups -OCH3 is 1. The molecule has 3 N–H and O–H groups in total. The van der Waals surface area contributed by atoms with E-state index in [1.165, 1.54) is 12.7 Å². The lowest BCUT2D eigenvalue weighted by Crippen LogP contribution is -2.32. The Morgan fingerprint density at radius 1 is 1.28 bits per heavy atom. The first-order valence-electron chi connectivity index (χ1n) is 9.35. The summed E-state index contributed by atoms with van der Waals surface area (Å²) < 4.78 is 11.0. The summed E-state index contributed by atoms with van der Waals surface area (Å²) in [6, 6.07) is 14.8. The van der Waals surface area contributed by atoms with Gasteiger partial charge in [-0.25, -0.2) is 4.99 Å². The van der Waals surface area contributed by atoms with Crippen molar-refractivity contribution < 1.29 is 15.7 Å². The van der Waals surface area contributed by atoms with Crippen LogP contribution < -0.4 is 20.5 Å². The van der Waals surface area contributed by atoms with E-state index in [0.29, 0.717) is 18.0 Å². The summed E-state index contributed by atoms with van der Waals surface area (Å²) in [4.78, 5) is 22.5. The molecule has 0 aromatic heterocycles. The molecule has 0 bridgehead atoms. The first kappa shape index (κ1) is 20.3. The van der Waals surface area contributed by atoms with E-state index in [0.717, 1.165) is 30.9 Å². The standard InChI is InChI=1S/C21H25N5O3.H2/c1-28-19-3-2-4-20(11-19)29-18-7-5-16(6-8-18)25-21(27)13-26-10-9-17(12-26)24-15-23-14-22;/h2-8,11,14-15,17H,9-10,12-13H2,1H3,(H,25,27)(H2,22,23,24);1H/t17-;/m0./s1. The Bertz CT molecular complexity index is 873. The van der Waals surface area contributed by atoms with E-state index in [1.807, 2.05) is 48.5 Å². The second-order valence-corrected chi connectivity index (χ2v) is 6.59. The number of nitrogens with one attached hydrogen (secondary N) is 1. The fourth-order valence-electron chi connectivity index (χ4n) is 3.06. The van der Waals surface area contributed by atoms with E-state index >= 15 is 0 Å². The number of carbonyl (C=O) groups is 1. The predicted octanol–water partition coefficient (Wildman–Crippen LogP) is 2.76. The van der Waals surface area contributed by atoms with Crippen LogP contribution in [0.4, 0.5) is 5.69 Å². The van der Waals surface area contributed by atoms with Crippen molar-refractivity contribution in [3.63, 3.8) is 0 Å². The van der Waals surface area contributed by atoms with Crippen molar-refractivity contribution in [1.82, 2.24) is 4.90 Å². The summed E-state index contributed by atoms with van der Waals surface area (Å²) in [5, 5.41) is 2.91. The monoisotopic (exact) mass is 397 g/mol. The van der Waals surface area contributed by atoms with Gasteiger partial charge in [0.1, 0.15) is 23.6 Å². The zero-order valence-electron chi connectivity index (χ0n) is 16.3. The zero-order valence-corrected chi connectivity index (χ0v) is 16.3. The molecule has 1 atom stereocenters. The molecule has 3 rings (SSSR count). The molecule has 0 unspecified atom stereocenters. The SMILES string of the molecule is COc1cccc(Oc2ccc(NC(=O)CN3CC[C@H](N=CN=CN)C3)cc2)c1.[HH]. The predicted molar refractivity (Wildman–Crippen MR) is 116 cm³/mol. The molecule has 1 aliphatic heterocycles. The average molecular weight is 397 g/mol. The van der Waals surface area contributed by atoms with Crippen LogP contribution >= 0.6 is 0 Å². The quantitative estimate of drug-likeness (QED) is 0.527. The number of anilines is 1. The van der Waals surface area contributed by atoms with Gasteiger partial charge in [-0.3, -0.25) is 14.7 Å². The molecule has 1 fully saturated rings. The van der Waals surface area contributed by atoms with Crippen molar-refractivity contribution >= 4 is 24.3 Å². The lowest BCUT2D eigenvalue weighted by Gasteiger charge is -2.15. The number of hydrogen-bond acceptors (Lipinski definition) is 5. The molecule has 154 valence electrons. The lowest BCUT2D eigenvalue weighted by molar-refractivity contribution is -0.117. The fraction of sp³-hybridized carbons (Fsp3) is 0.286. The maximum absolute atomic E-state index is 12.3. The number of carbonyl (C=O) groups excluding carboxylic acids is 1. The number of hydrogen-bond donors (Lipinski definition) is 2. The molecule has 0 radical (unpaired) electrons. The first-order chi connectivity index (χ1) is 14.2. The molecule has 0 saturated carbocycles. The molecule has 8 heteroatoms. The number of nitrogens with zero attached hydrogens (tertiary/aromatic N) is 3. The highest BCUT2D eigenvalue weighted by molar-refractivity contribution is 5.92. The molecule has 1 heterocycles. The van der Waals surface area contributed by atoms with Crippen LogP contribution in [0.1, 0.15) is 7.85 Å². The van der Waals surface area contributed by atoms with Gasteiger partial charge in [-0.2, -0.15) is 0 Å². The fourth-order valence-corrected chi connectivity index (χ4v) is 3.06. The molecule has 0 aliphatic carbocycles. The number of rotatable bonds is 8. The van der Waals surface area contributed by atoms with Gasteiger partial charge in [-0.05, 0) is 42.8 Å². The normalized spacial score (nSPS) is 17.1. The van der Waals surface area contributed by atoms with Crippen molar-refractivity contribution in [1.29, 1.82) is 0 Å². The van der Waals surface area contributed by atoms with Crippen molar-refractivity contribution in [3.8, 4) is 17.2 Å². The minimum atomic E-state index is -0.0592. The summed E-state index contributed by atoms with van der Waals surface area (Å²) in [6.07, 6.45) is 3.57. The lowest BCUT2D eigenvalue weighted by atomic mass is 10.3. The smallest absolute Gasteiger partial charge is 0.238 e. The van der Waals surface area contributed by atoms with E-state index in [4.69, 9.17) is 15.2 Å². The number of amides is 1. The second kappa shape index (κ2) is 10.2. The third kappa shape index (κ3) is 6.32. The molecule has 1 amide bonds. The van der Waals surface area contributed by atoms with Gasteiger partial charge >= 0.3 is 0 Å². The van der Waals surface area contributed by atoms with Crippen LogP contribution in [0, 0.1) is 0 Å². The van der Waals surface area contributed by atoms with Crippen LogP contribution in [0.5, 0.6) is 17.2 Å². The number of aliphatic imine (C=N–C) groups is 2. The Morgan fingerprint density at radius 3 is 2.83 bits per heavy atom. The Morgan fingerprint density at radius 2 is 2.07 bits per heavy atom. The van der Waals surface area contributed by atoms with Crippen LogP contribution in [0.15, 0.2) is 58.5 Å². The topological polar surface area (TPSA) is 102 Å². The van der Waals surface area contributed by atoms with Gasteiger partial charge in [0.2, 0.25) is 5.91 Å². The molecular formula is C21H27N5O3. The summed E-state index contributed by atoms with van der Waals surface area (Å²) in [5.41, 5.74) is 5.90. The van der Waals surface area contributed by atoms with Gasteiger partial charge in [0.15, 0.2) is 0 Å². The number of ether oxygens (including phenoxy) is 2. The van der Waals surface area contributed by atoms with E-state index < -0.39 is 0 Å². The Balaban J connectivity index is 0.00000320. The van der Waals surface area contributed by atoms with Crippen LogP contribution in [-0.4, -0.2) is 56.3 Å². The van der Waals surface area contributed by atoms with Gasteiger partial charge in [0.25, 0.3) is 0 Å². The summed E-state index contributed by atoms with van der Waals surface area (Å²) in [6.45, 7) is 1.89. The molecule has 29 heavy (non-hydrogen) atoms. The second-order valence-electron chi connectivity index (χ2n) is 6.59. The number of likely N-dealkylation sites (tertiary alicyclic amines) is 1. The van der Waals surface area contributed by atoms with Crippen LogP contribution in [0.2, 0.25) is 0 Å². The number of nitrogens with two attached hydrogens (primary N) is 1. The van der Waals surface area contributed by atoms with E-state index in [2.05, 4.69) is 20.2 Å². The molecule has 2 aromatic rings. The third-order valence-electron chi connectivity index (χ3n) is 4.46. The van der Waals surface area contributed by atoms with E-state index in [9.17, 15) is 4.79 Å². The first-order valence-corrected chi connectivity index (χ1v) is 9.35. The molecule has 8 nitrogen and oxygen atoms in total. The molecular weight excluding hydrogens is 370 g/mol. The van der Waals surface area contributed by atoms with Crippen LogP contribution in [-0.2, 0) is 4.79 Å². The van der Waals surface area contributed by atoms with Crippen LogP contribution in [0.25, 0.3) is 0 Å². The largest absolute Gasteiger partial charge is 0.497 e. The van der Waals surface area contributed by atoms with Gasteiger partial charge in [0.05, 0.1) is 26.0 Å². The molecule has 0 spiro atoms. The van der Waals surface area contributed by atoms with Crippen molar-refractivity contribution in [2.75, 3.05) is 32.1 Å². The van der Waals surface area contributed by atoms with E-state index in [1.54, 1.807) is 7.11 Å². The Kier molecular flexibility index (Phi) is 7.18. The molecule has 1 saturated heterocycles.